The third-order valence-corrected chi connectivity index (χ3v) is 3.83. The molecule has 24 heavy (non-hydrogen) atoms. The SMILES string of the molecule is CCCN(CC)c1ccc(C(=O)Nc2cccnc2N(C)C)cc1. The van der Waals surface area contributed by atoms with E-state index in [1.54, 1.807) is 6.20 Å². The van der Waals surface area contributed by atoms with E-state index < -0.39 is 0 Å². The van der Waals surface area contributed by atoms with Crippen molar-refractivity contribution in [2.75, 3.05) is 42.3 Å². The van der Waals surface area contributed by atoms with Crippen LogP contribution in [0.5, 0.6) is 0 Å². The summed E-state index contributed by atoms with van der Waals surface area (Å²) in [5.41, 5.74) is 2.49. The molecule has 0 unspecified atom stereocenters. The number of amides is 1. The normalized spacial score (nSPS) is 10.3. The number of carbonyl (C=O) groups is 1. The molecule has 1 aromatic carbocycles. The number of nitrogens with zero attached hydrogens (tertiary/aromatic N) is 3. The summed E-state index contributed by atoms with van der Waals surface area (Å²) in [6.45, 7) is 6.29. The molecule has 0 atom stereocenters. The van der Waals surface area contributed by atoms with Gasteiger partial charge in [0.2, 0.25) is 0 Å². The van der Waals surface area contributed by atoms with Gasteiger partial charge in [0.1, 0.15) is 0 Å². The van der Waals surface area contributed by atoms with Gasteiger partial charge in [-0.05, 0) is 49.7 Å². The van der Waals surface area contributed by atoms with E-state index in [1.165, 1.54) is 0 Å². The van der Waals surface area contributed by atoms with E-state index in [0.717, 1.165) is 31.0 Å². The standard InChI is InChI=1S/C19H26N4O/c1-5-14-23(6-2)16-11-9-15(10-12-16)19(24)21-17-8-7-13-20-18(17)22(3)4/h7-13H,5-6,14H2,1-4H3,(H,21,24). The molecule has 0 aliphatic rings. The minimum Gasteiger partial charge on any atom is -0.372 e. The zero-order valence-corrected chi connectivity index (χ0v) is 14.9. The Morgan fingerprint density at radius 3 is 2.42 bits per heavy atom. The van der Waals surface area contributed by atoms with Crippen molar-refractivity contribution in [3.63, 3.8) is 0 Å². The summed E-state index contributed by atoms with van der Waals surface area (Å²) < 4.78 is 0. The lowest BCUT2D eigenvalue weighted by molar-refractivity contribution is 0.102. The molecule has 2 aromatic rings. The molecule has 1 heterocycles. The maximum absolute atomic E-state index is 12.5. The summed E-state index contributed by atoms with van der Waals surface area (Å²) in [4.78, 5) is 21.0. The quantitative estimate of drug-likeness (QED) is 0.844. The van der Waals surface area contributed by atoms with Crippen LogP contribution in [-0.4, -0.2) is 38.1 Å². The zero-order valence-electron chi connectivity index (χ0n) is 14.9. The minimum absolute atomic E-state index is 0.129. The van der Waals surface area contributed by atoms with E-state index >= 15 is 0 Å². The molecular weight excluding hydrogens is 300 g/mol. The highest BCUT2D eigenvalue weighted by molar-refractivity contribution is 6.05. The van der Waals surface area contributed by atoms with Gasteiger partial charge in [-0.1, -0.05) is 6.92 Å². The summed E-state index contributed by atoms with van der Waals surface area (Å²) in [6.07, 6.45) is 2.82. The molecule has 2 rings (SSSR count). The summed E-state index contributed by atoms with van der Waals surface area (Å²) in [7, 11) is 3.81. The van der Waals surface area contributed by atoms with Crippen LogP contribution in [0.2, 0.25) is 0 Å². The highest BCUT2D eigenvalue weighted by atomic mass is 16.1. The van der Waals surface area contributed by atoms with Gasteiger partial charge in [-0.25, -0.2) is 4.98 Å². The predicted molar refractivity (Wildman–Crippen MR) is 101 cm³/mol. The maximum Gasteiger partial charge on any atom is 0.255 e. The monoisotopic (exact) mass is 326 g/mol. The molecule has 5 heteroatoms. The average molecular weight is 326 g/mol. The number of anilines is 3. The van der Waals surface area contributed by atoms with Gasteiger partial charge in [0.15, 0.2) is 5.82 Å². The molecule has 0 saturated carbocycles. The van der Waals surface area contributed by atoms with Crippen LogP contribution in [0.15, 0.2) is 42.6 Å². The lowest BCUT2D eigenvalue weighted by Crippen LogP contribution is -2.23. The summed E-state index contributed by atoms with van der Waals surface area (Å²) in [5, 5.41) is 2.94. The topological polar surface area (TPSA) is 48.5 Å². The molecule has 0 fully saturated rings. The number of carbonyl (C=O) groups excluding carboxylic acids is 1. The van der Waals surface area contributed by atoms with Crippen LogP contribution in [0.1, 0.15) is 30.6 Å². The molecule has 1 N–H and O–H groups in total. The highest BCUT2D eigenvalue weighted by Gasteiger charge is 2.11. The Bertz CT molecular complexity index is 667. The highest BCUT2D eigenvalue weighted by Crippen LogP contribution is 2.22. The largest absolute Gasteiger partial charge is 0.372 e. The van der Waals surface area contributed by atoms with Crippen molar-refractivity contribution >= 4 is 23.1 Å². The summed E-state index contributed by atoms with van der Waals surface area (Å²) in [5.74, 6) is 0.610. The first-order chi connectivity index (χ1) is 11.6. The molecule has 0 spiro atoms. The Kier molecular flexibility index (Phi) is 6.18. The van der Waals surface area contributed by atoms with E-state index in [1.807, 2.05) is 55.4 Å². The third-order valence-electron chi connectivity index (χ3n) is 3.83. The smallest absolute Gasteiger partial charge is 0.255 e. The Morgan fingerprint density at radius 1 is 1.12 bits per heavy atom. The first-order valence-corrected chi connectivity index (χ1v) is 8.35. The van der Waals surface area contributed by atoms with E-state index in [0.29, 0.717) is 11.3 Å². The fourth-order valence-corrected chi connectivity index (χ4v) is 2.61. The molecule has 1 aromatic heterocycles. The van der Waals surface area contributed by atoms with Gasteiger partial charge in [-0.15, -0.1) is 0 Å². The number of pyridine rings is 1. The van der Waals surface area contributed by atoms with Crippen LogP contribution in [0.4, 0.5) is 17.2 Å². The Morgan fingerprint density at radius 2 is 1.83 bits per heavy atom. The molecule has 0 bridgehead atoms. The summed E-state index contributed by atoms with van der Waals surface area (Å²) >= 11 is 0. The van der Waals surface area contributed by atoms with Crippen molar-refractivity contribution in [1.29, 1.82) is 0 Å². The average Bonchev–Trinajstić information content (AvgIpc) is 2.60. The Labute approximate surface area is 144 Å². The number of rotatable bonds is 7. The van der Waals surface area contributed by atoms with E-state index in [2.05, 4.69) is 29.0 Å². The molecule has 5 nitrogen and oxygen atoms in total. The Hall–Kier alpha value is -2.56. The second kappa shape index (κ2) is 8.34. The molecule has 128 valence electrons. The van der Waals surface area contributed by atoms with Crippen LogP contribution in [0.3, 0.4) is 0 Å². The number of benzene rings is 1. The molecule has 0 aliphatic carbocycles. The predicted octanol–water partition coefficient (Wildman–Crippen LogP) is 3.64. The number of aromatic nitrogens is 1. The molecule has 1 amide bonds. The van der Waals surface area contributed by atoms with E-state index in [4.69, 9.17) is 0 Å². The van der Waals surface area contributed by atoms with Gasteiger partial charge in [0.05, 0.1) is 5.69 Å². The van der Waals surface area contributed by atoms with Crippen LogP contribution in [0, 0.1) is 0 Å². The second-order valence-electron chi connectivity index (χ2n) is 5.85. The minimum atomic E-state index is -0.129. The second-order valence-corrected chi connectivity index (χ2v) is 5.85. The van der Waals surface area contributed by atoms with E-state index in [-0.39, 0.29) is 5.91 Å². The first kappa shape index (κ1) is 17.8. The molecular formula is C19H26N4O. The van der Waals surface area contributed by atoms with Gasteiger partial charge in [-0.3, -0.25) is 4.79 Å². The van der Waals surface area contributed by atoms with Gasteiger partial charge in [-0.2, -0.15) is 0 Å². The maximum atomic E-state index is 12.5. The molecule has 0 aliphatic heterocycles. The van der Waals surface area contributed by atoms with Crippen LogP contribution in [-0.2, 0) is 0 Å². The van der Waals surface area contributed by atoms with Crippen molar-refractivity contribution < 1.29 is 4.79 Å². The zero-order chi connectivity index (χ0) is 17.5. The fraction of sp³-hybridized carbons (Fsp3) is 0.368. The van der Waals surface area contributed by atoms with Crippen molar-refractivity contribution in [3.8, 4) is 0 Å². The van der Waals surface area contributed by atoms with Crippen molar-refractivity contribution in [2.24, 2.45) is 0 Å². The summed E-state index contributed by atoms with van der Waals surface area (Å²) in [6, 6.07) is 11.4. The number of hydrogen-bond acceptors (Lipinski definition) is 4. The first-order valence-electron chi connectivity index (χ1n) is 8.35. The Balaban J connectivity index is 2.13. The van der Waals surface area contributed by atoms with Gasteiger partial charge >= 0.3 is 0 Å². The van der Waals surface area contributed by atoms with Gasteiger partial charge < -0.3 is 15.1 Å². The molecule has 0 saturated heterocycles. The van der Waals surface area contributed by atoms with Crippen LogP contribution < -0.4 is 15.1 Å². The van der Waals surface area contributed by atoms with Crippen LogP contribution in [0.25, 0.3) is 0 Å². The van der Waals surface area contributed by atoms with Crippen molar-refractivity contribution in [1.82, 2.24) is 4.98 Å². The van der Waals surface area contributed by atoms with Crippen LogP contribution >= 0.6 is 0 Å². The van der Waals surface area contributed by atoms with Gasteiger partial charge in [0, 0.05) is 44.6 Å². The van der Waals surface area contributed by atoms with Crippen molar-refractivity contribution in [2.45, 2.75) is 20.3 Å². The third kappa shape index (κ3) is 4.25. The number of hydrogen-bond donors (Lipinski definition) is 1. The lowest BCUT2D eigenvalue weighted by atomic mass is 10.1. The van der Waals surface area contributed by atoms with Gasteiger partial charge in [0.25, 0.3) is 5.91 Å². The molecule has 0 radical (unpaired) electrons. The van der Waals surface area contributed by atoms with E-state index in [9.17, 15) is 4.79 Å². The van der Waals surface area contributed by atoms with Crippen molar-refractivity contribution in [3.05, 3.63) is 48.2 Å². The number of nitrogens with one attached hydrogen (secondary N) is 1. The fourth-order valence-electron chi connectivity index (χ4n) is 2.61. The lowest BCUT2D eigenvalue weighted by Gasteiger charge is -2.22.